The Morgan fingerprint density at radius 1 is 0.387 bits per heavy atom. The van der Waals surface area contributed by atoms with E-state index in [1.165, 1.54) is 55.3 Å². The van der Waals surface area contributed by atoms with E-state index in [1.54, 1.807) is 22.3 Å². The Labute approximate surface area is 181 Å². The smallest absolute Gasteiger partial charge is 0.000730 e. The quantitative estimate of drug-likeness (QED) is 0.250. The molecule has 0 aromatic heterocycles. The van der Waals surface area contributed by atoms with Gasteiger partial charge in [0.05, 0.1) is 0 Å². The summed E-state index contributed by atoms with van der Waals surface area (Å²) in [5, 5.41) is 2.74. The number of benzene rings is 5. The Kier molecular flexibility index (Phi) is 2.87. The van der Waals surface area contributed by atoms with Crippen LogP contribution in [0, 0.1) is 0 Å². The van der Waals surface area contributed by atoms with Gasteiger partial charge in [0.25, 0.3) is 0 Å². The Hall–Kier alpha value is -3.64. The zero-order chi connectivity index (χ0) is 20.1. The van der Waals surface area contributed by atoms with Gasteiger partial charge in [-0.25, -0.2) is 0 Å². The largest absolute Gasteiger partial charge is 0.0619 e. The van der Waals surface area contributed by atoms with Gasteiger partial charge >= 0.3 is 0 Å². The van der Waals surface area contributed by atoms with Gasteiger partial charge in [0.15, 0.2) is 0 Å². The van der Waals surface area contributed by atoms with Crippen molar-refractivity contribution in [1.82, 2.24) is 0 Å². The van der Waals surface area contributed by atoms with Crippen molar-refractivity contribution in [3.05, 3.63) is 118 Å². The summed E-state index contributed by atoms with van der Waals surface area (Å²) in [6, 6.07) is 31.9. The molecule has 0 heteroatoms. The Bertz CT molecular complexity index is 1600. The fraction of sp³-hybridized carbons (Fsp3) is 0.0968. The summed E-state index contributed by atoms with van der Waals surface area (Å²) in [5.41, 5.74) is 17.9. The molecule has 8 rings (SSSR count). The monoisotopic (exact) mass is 392 g/mol. The first-order valence-corrected chi connectivity index (χ1v) is 11.3. The van der Waals surface area contributed by atoms with Crippen LogP contribution in [-0.2, 0) is 19.3 Å². The lowest BCUT2D eigenvalue weighted by molar-refractivity contribution is 1.13. The van der Waals surface area contributed by atoms with Crippen LogP contribution in [0.3, 0.4) is 0 Å². The SMILES string of the molecule is c1ccc2c(c1)Cc1c-2ccc2c1Cc1c-2ccc2c1Cc1ccc3ccccc3c1-2. The highest BCUT2D eigenvalue weighted by Crippen LogP contribution is 2.51. The molecule has 0 saturated carbocycles. The van der Waals surface area contributed by atoms with Crippen LogP contribution in [0.15, 0.2) is 84.9 Å². The van der Waals surface area contributed by atoms with Gasteiger partial charge in [-0.3, -0.25) is 0 Å². The molecule has 144 valence electrons. The van der Waals surface area contributed by atoms with Crippen LogP contribution in [0.1, 0.15) is 33.4 Å². The second kappa shape index (κ2) is 5.53. The van der Waals surface area contributed by atoms with Crippen LogP contribution < -0.4 is 0 Å². The average Bonchev–Trinajstić information content (AvgIpc) is 3.49. The van der Waals surface area contributed by atoms with Gasteiger partial charge in [0.1, 0.15) is 0 Å². The van der Waals surface area contributed by atoms with E-state index in [0.29, 0.717) is 0 Å². The van der Waals surface area contributed by atoms with Gasteiger partial charge in [0, 0.05) is 0 Å². The summed E-state index contributed by atoms with van der Waals surface area (Å²) < 4.78 is 0. The Balaban J connectivity index is 1.33. The van der Waals surface area contributed by atoms with Gasteiger partial charge in [-0.1, -0.05) is 84.9 Å². The Morgan fingerprint density at radius 3 is 1.87 bits per heavy atom. The number of hydrogen-bond acceptors (Lipinski definition) is 0. The predicted molar refractivity (Wildman–Crippen MR) is 129 cm³/mol. The molecular formula is C31H20. The van der Waals surface area contributed by atoms with Gasteiger partial charge in [-0.15, -0.1) is 0 Å². The van der Waals surface area contributed by atoms with Crippen molar-refractivity contribution in [1.29, 1.82) is 0 Å². The first kappa shape index (κ1) is 16.1. The van der Waals surface area contributed by atoms with E-state index in [2.05, 4.69) is 84.9 Å². The lowest BCUT2D eigenvalue weighted by Crippen LogP contribution is -1.93. The molecule has 3 aliphatic rings. The van der Waals surface area contributed by atoms with E-state index in [4.69, 9.17) is 0 Å². The molecule has 0 spiro atoms. The molecule has 0 radical (unpaired) electrons. The molecule has 3 aliphatic carbocycles. The minimum atomic E-state index is 1.06. The minimum Gasteiger partial charge on any atom is -0.0619 e. The first-order chi connectivity index (χ1) is 15.4. The van der Waals surface area contributed by atoms with E-state index < -0.39 is 0 Å². The van der Waals surface area contributed by atoms with Crippen LogP contribution in [0.25, 0.3) is 44.2 Å². The second-order valence-corrected chi connectivity index (χ2v) is 9.24. The average molecular weight is 393 g/mol. The third kappa shape index (κ3) is 1.96. The lowest BCUT2D eigenvalue weighted by atomic mass is 9.94. The normalized spacial score (nSPS) is 14.1. The molecule has 0 N–H and O–H groups in total. The summed E-state index contributed by atoms with van der Waals surface area (Å²) >= 11 is 0. The molecule has 0 amide bonds. The van der Waals surface area contributed by atoms with Crippen molar-refractivity contribution < 1.29 is 0 Å². The summed E-state index contributed by atoms with van der Waals surface area (Å²) in [6.07, 6.45) is 3.22. The third-order valence-corrected chi connectivity index (χ3v) is 7.83. The van der Waals surface area contributed by atoms with Gasteiger partial charge in [0.2, 0.25) is 0 Å². The molecular weight excluding hydrogens is 372 g/mol. The third-order valence-electron chi connectivity index (χ3n) is 7.83. The summed E-state index contributed by atoms with van der Waals surface area (Å²) in [4.78, 5) is 0. The fourth-order valence-electron chi connectivity index (χ4n) is 6.46. The van der Waals surface area contributed by atoms with E-state index in [9.17, 15) is 0 Å². The zero-order valence-corrected chi connectivity index (χ0v) is 17.2. The molecule has 0 heterocycles. The molecule has 0 saturated heterocycles. The van der Waals surface area contributed by atoms with E-state index in [1.807, 2.05) is 0 Å². The van der Waals surface area contributed by atoms with Gasteiger partial charge < -0.3 is 0 Å². The molecule has 0 fully saturated rings. The Morgan fingerprint density at radius 2 is 1.00 bits per heavy atom. The van der Waals surface area contributed by atoms with Crippen molar-refractivity contribution in [2.45, 2.75) is 19.3 Å². The van der Waals surface area contributed by atoms with E-state index in [-0.39, 0.29) is 0 Å². The highest BCUT2D eigenvalue weighted by Gasteiger charge is 2.32. The molecule has 0 unspecified atom stereocenters. The predicted octanol–water partition coefficient (Wildman–Crippen LogP) is 7.55. The van der Waals surface area contributed by atoms with Crippen LogP contribution in [-0.4, -0.2) is 0 Å². The maximum Gasteiger partial charge on any atom is -0.000730 e. The fourth-order valence-corrected chi connectivity index (χ4v) is 6.46. The molecule has 0 nitrogen and oxygen atoms in total. The summed E-state index contributed by atoms with van der Waals surface area (Å²) in [5.74, 6) is 0. The molecule has 5 aromatic carbocycles. The van der Waals surface area contributed by atoms with Crippen molar-refractivity contribution in [3.63, 3.8) is 0 Å². The zero-order valence-electron chi connectivity index (χ0n) is 17.2. The van der Waals surface area contributed by atoms with Crippen LogP contribution in [0.4, 0.5) is 0 Å². The van der Waals surface area contributed by atoms with E-state index >= 15 is 0 Å². The number of hydrogen-bond donors (Lipinski definition) is 0. The van der Waals surface area contributed by atoms with Gasteiger partial charge in [-0.2, -0.15) is 0 Å². The highest BCUT2D eigenvalue weighted by atomic mass is 14.4. The molecule has 31 heavy (non-hydrogen) atoms. The number of rotatable bonds is 0. The molecule has 0 atom stereocenters. The maximum atomic E-state index is 2.39. The van der Waals surface area contributed by atoms with Crippen LogP contribution >= 0.6 is 0 Å². The molecule has 0 bridgehead atoms. The summed E-state index contributed by atoms with van der Waals surface area (Å²) in [6.45, 7) is 0. The standard InChI is InChI=1S/C31H20/c1-4-8-22-18(5-1)9-10-20-16-28-26(31(20)22)14-13-25-24-12-11-23-21-7-3-2-6-19(21)15-27(23)29(24)17-30(25)28/h1-14H,15-17H2. The number of fused-ring (bicyclic) bond motifs is 13. The highest BCUT2D eigenvalue weighted by molar-refractivity contribution is 6.02. The van der Waals surface area contributed by atoms with Crippen molar-refractivity contribution in [2.24, 2.45) is 0 Å². The second-order valence-electron chi connectivity index (χ2n) is 9.24. The van der Waals surface area contributed by atoms with Crippen molar-refractivity contribution in [3.8, 4) is 33.4 Å². The maximum absolute atomic E-state index is 2.39. The van der Waals surface area contributed by atoms with Crippen LogP contribution in [0.2, 0.25) is 0 Å². The summed E-state index contributed by atoms with van der Waals surface area (Å²) in [7, 11) is 0. The van der Waals surface area contributed by atoms with Crippen molar-refractivity contribution in [2.75, 3.05) is 0 Å². The lowest BCUT2D eigenvalue weighted by Gasteiger charge is -2.09. The van der Waals surface area contributed by atoms with Crippen molar-refractivity contribution >= 4 is 10.8 Å². The minimum absolute atomic E-state index is 1.06. The van der Waals surface area contributed by atoms with Crippen LogP contribution in [0.5, 0.6) is 0 Å². The molecule has 0 aliphatic heterocycles. The molecule has 5 aromatic rings. The first-order valence-electron chi connectivity index (χ1n) is 11.3. The van der Waals surface area contributed by atoms with E-state index in [0.717, 1.165) is 19.3 Å². The topological polar surface area (TPSA) is 0 Å². The van der Waals surface area contributed by atoms with Gasteiger partial charge in [-0.05, 0) is 96.8 Å².